The number of hydrogen-bond acceptors (Lipinski definition) is 4. The quantitative estimate of drug-likeness (QED) is 0.806. The number of pyridine rings is 1. The second-order valence-corrected chi connectivity index (χ2v) is 5.42. The van der Waals surface area contributed by atoms with Crippen LogP contribution in [0.1, 0.15) is 9.67 Å². The minimum Gasteiger partial charge on any atom is -0.365 e. The summed E-state index contributed by atoms with van der Waals surface area (Å²) in [6.45, 7) is 0. The van der Waals surface area contributed by atoms with Crippen molar-refractivity contribution in [1.29, 1.82) is 0 Å². The summed E-state index contributed by atoms with van der Waals surface area (Å²) < 4.78 is 0. The third-order valence-electron chi connectivity index (χ3n) is 2.40. The standard InChI is InChI=1S/C11H8N2OS2/c12-10(14)9-4-6-3-7-5-15-2-1-8(7)13-11(6)16-9/h1,3-5H,2H2,(H2,12,14). The van der Waals surface area contributed by atoms with Gasteiger partial charge in [-0.2, -0.15) is 0 Å². The first-order chi connectivity index (χ1) is 7.74. The van der Waals surface area contributed by atoms with Crippen LogP contribution in [-0.2, 0) is 0 Å². The van der Waals surface area contributed by atoms with Gasteiger partial charge in [-0.05, 0) is 23.6 Å². The Labute approximate surface area is 99.7 Å². The second kappa shape index (κ2) is 3.61. The molecule has 0 saturated heterocycles. The van der Waals surface area contributed by atoms with Crippen molar-refractivity contribution in [3.63, 3.8) is 0 Å². The van der Waals surface area contributed by atoms with Gasteiger partial charge in [0.25, 0.3) is 5.91 Å². The lowest BCUT2D eigenvalue weighted by Gasteiger charge is -1.98. The van der Waals surface area contributed by atoms with E-state index in [-0.39, 0.29) is 5.91 Å². The number of hydrogen-bond donors (Lipinski definition) is 1. The summed E-state index contributed by atoms with van der Waals surface area (Å²) in [5.41, 5.74) is 5.26. The molecule has 3 heterocycles. The van der Waals surface area contributed by atoms with E-state index in [1.54, 1.807) is 11.8 Å². The highest BCUT2D eigenvalue weighted by Crippen LogP contribution is 2.21. The average Bonchev–Trinajstić information content (AvgIpc) is 2.68. The molecule has 5 heteroatoms. The van der Waals surface area contributed by atoms with Gasteiger partial charge in [0.15, 0.2) is 0 Å². The maximum atomic E-state index is 11.1. The van der Waals surface area contributed by atoms with E-state index in [9.17, 15) is 4.79 Å². The van der Waals surface area contributed by atoms with Gasteiger partial charge in [-0.1, -0.05) is 0 Å². The molecule has 0 saturated carbocycles. The lowest BCUT2D eigenvalue weighted by Crippen LogP contribution is -2.29. The van der Waals surface area contributed by atoms with Gasteiger partial charge in [0.05, 0.1) is 10.2 Å². The number of fused-ring (bicyclic) bond motifs is 2. The molecule has 0 bridgehead atoms. The first kappa shape index (κ1) is 9.86. The number of nitrogens with two attached hydrogens (primary N) is 1. The zero-order valence-electron chi connectivity index (χ0n) is 8.27. The largest absolute Gasteiger partial charge is 0.365 e. The Bertz CT molecular complexity index is 650. The van der Waals surface area contributed by atoms with E-state index in [2.05, 4.69) is 22.5 Å². The maximum Gasteiger partial charge on any atom is 0.258 e. The summed E-state index contributed by atoms with van der Waals surface area (Å²) in [5.74, 6) is 0.572. The van der Waals surface area contributed by atoms with Gasteiger partial charge in [-0.25, -0.2) is 4.98 Å². The minimum atomic E-state index is -0.386. The molecule has 0 atom stereocenters. The molecular formula is C11H8N2OS2. The van der Waals surface area contributed by atoms with E-state index in [1.165, 1.54) is 11.3 Å². The van der Waals surface area contributed by atoms with Crippen LogP contribution in [0.25, 0.3) is 21.7 Å². The van der Waals surface area contributed by atoms with E-state index in [1.807, 2.05) is 6.07 Å². The number of aromatic nitrogens is 1. The van der Waals surface area contributed by atoms with E-state index in [4.69, 9.17) is 5.73 Å². The lowest BCUT2D eigenvalue weighted by atomic mass is 10.2. The number of carbonyl (C=O) groups excluding carboxylic acids is 1. The summed E-state index contributed by atoms with van der Waals surface area (Å²) >= 11 is 3.10. The number of thioether (sulfide) groups is 1. The average molecular weight is 248 g/mol. The van der Waals surface area contributed by atoms with Gasteiger partial charge >= 0.3 is 0 Å². The normalized spacial score (nSPS) is 14.0. The Morgan fingerprint density at radius 3 is 3.12 bits per heavy atom. The highest BCUT2D eigenvalue weighted by molar-refractivity contribution is 8.06. The zero-order valence-corrected chi connectivity index (χ0v) is 9.90. The van der Waals surface area contributed by atoms with Crippen molar-refractivity contribution >= 4 is 50.7 Å². The fourth-order valence-corrected chi connectivity index (χ4v) is 3.24. The summed E-state index contributed by atoms with van der Waals surface area (Å²) in [5, 5.41) is 5.22. The van der Waals surface area contributed by atoms with Crippen molar-refractivity contribution < 1.29 is 4.79 Å². The highest BCUT2D eigenvalue weighted by Gasteiger charge is 2.08. The number of nitrogens with zero attached hydrogens (tertiary/aromatic N) is 1. The number of carbonyl (C=O) groups is 1. The molecule has 2 N–H and O–H groups in total. The van der Waals surface area contributed by atoms with Crippen LogP contribution in [0.5, 0.6) is 0 Å². The van der Waals surface area contributed by atoms with Crippen molar-refractivity contribution in [1.82, 2.24) is 4.98 Å². The third kappa shape index (κ3) is 1.52. The summed E-state index contributed by atoms with van der Waals surface area (Å²) in [6, 6.07) is 3.87. The summed E-state index contributed by atoms with van der Waals surface area (Å²) in [4.78, 5) is 17.1. The van der Waals surface area contributed by atoms with Crippen LogP contribution < -0.4 is 16.3 Å². The van der Waals surface area contributed by atoms with Gasteiger partial charge < -0.3 is 5.73 Å². The molecule has 80 valence electrons. The fraction of sp³-hybridized carbons (Fsp3) is 0.0909. The third-order valence-corrected chi connectivity index (χ3v) is 4.23. The summed E-state index contributed by atoms with van der Waals surface area (Å²) in [7, 11) is 0. The van der Waals surface area contributed by atoms with E-state index < -0.39 is 0 Å². The number of rotatable bonds is 1. The van der Waals surface area contributed by atoms with Crippen LogP contribution in [0.3, 0.4) is 0 Å². The zero-order chi connectivity index (χ0) is 11.1. The predicted molar refractivity (Wildman–Crippen MR) is 68.8 cm³/mol. The fourth-order valence-electron chi connectivity index (χ4n) is 1.65. The molecule has 2 aromatic rings. The molecule has 0 fully saturated rings. The van der Waals surface area contributed by atoms with Gasteiger partial charge in [-0.3, -0.25) is 4.79 Å². The second-order valence-electron chi connectivity index (χ2n) is 3.49. The molecule has 0 aromatic carbocycles. The number of thiophene rings is 1. The molecule has 1 amide bonds. The molecule has 0 radical (unpaired) electrons. The molecule has 0 spiro atoms. The van der Waals surface area contributed by atoms with Crippen LogP contribution in [-0.4, -0.2) is 16.6 Å². The molecule has 0 aliphatic carbocycles. The van der Waals surface area contributed by atoms with Crippen molar-refractivity contribution in [2.75, 3.05) is 5.75 Å². The van der Waals surface area contributed by atoms with E-state index in [0.29, 0.717) is 4.88 Å². The van der Waals surface area contributed by atoms with Gasteiger partial charge in [0.1, 0.15) is 4.83 Å². The van der Waals surface area contributed by atoms with Crippen LogP contribution in [0, 0.1) is 0 Å². The topological polar surface area (TPSA) is 56.0 Å². The Kier molecular flexibility index (Phi) is 2.22. The van der Waals surface area contributed by atoms with Gasteiger partial charge in [0.2, 0.25) is 0 Å². The first-order valence-corrected chi connectivity index (χ1v) is 6.63. The molecule has 3 rings (SSSR count). The first-order valence-electron chi connectivity index (χ1n) is 4.76. The van der Waals surface area contributed by atoms with Crippen LogP contribution in [0.2, 0.25) is 0 Å². The highest BCUT2D eigenvalue weighted by atomic mass is 32.2. The monoisotopic (exact) mass is 248 g/mol. The molecular weight excluding hydrogens is 240 g/mol. The molecule has 1 aliphatic rings. The molecule has 2 aromatic heterocycles. The number of amides is 1. The SMILES string of the molecule is NC(=O)c1cc2cc3c(nc2s1)=CCSC=3. The maximum absolute atomic E-state index is 11.1. The smallest absolute Gasteiger partial charge is 0.258 e. The summed E-state index contributed by atoms with van der Waals surface area (Å²) in [6.07, 6.45) is 2.10. The van der Waals surface area contributed by atoms with Crippen LogP contribution >= 0.6 is 23.1 Å². The predicted octanol–water partition coefficient (Wildman–Crippen LogP) is 0.660. The Balaban J connectivity index is 2.37. The van der Waals surface area contributed by atoms with Crippen molar-refractivity contribution in [3.8, 4) is 0 Å². The van der Waals surface area contributed by atoms with Crippen LogP contribution in [0.15, 0.2) is 12.1 Å². The van der Waals surface area contributed by atoms with Crippen LogP contribution in [0.4, 0.5) is 0 Å². The molecule has 1 aliphatic heterocycles. The molecule has 16 heavy (non-hydrogen) atoms. The minimum absolute atomic E-state index is 0.386. The Hall–Kier alpha value is -1.33. The van der Waals surface area contributed by atoms with E-state index >= 15 is 0 Å². The Morgan fingerprint density at radius 1 is 1.44 bits per heavy atom. The van der Waals surface area contributed by atoms with Crippen molar-refractivity contribution in [2.24, 2.45) is 5.73 Å². The molecule has 0 unspecified atom stereocenters. The van der Waals surface area contributed by atoms with Gasteiger partial charge in [0, 0.05) is 16.4 Å². The van der Waals surface area contributed by atoms with Crippen molar-refractivity contribution in [3.05, 3.63) is 27.6 Å². The van der Waals surface area contributed by atoms with E-state index in [0.717, 1.165) is 26.5 Å². The van der Waals surface area contributed by atoms with Gasteiger partial charge in [-0.15, -0.1) is 23.1 Å². The number of primary amides is 1. The molecule has 3 nitrogen and oxygen atoms in total. The van der Waals surface area contributed by atoms with Crippen molar-refractivity contribution in [2.45, 2.75) is 0 Å². The Morgan fingerprint density at radius 2 is 2.31 bits per heavy atom. The lowest BCUT2D eigenvalue weighted by molar-refractivity contribution is 0.100.